The maximum absolute atomic E-state index is 12.6. The lowest BCUT2D eigenvalue weighted by Gasteiger charge is -2.12. The van der Waals surface area contributed by atoms with Crippen molar-refractivity contribution in [3.63, 3.8) is 0 Å². The van der Waals surface area contributed by atoms with Crippen molar-refractivity contribution in [2.75, 3.05) is 0 Å². The van der Waals surface area contributed by atoms with Crippen LogP contribution in [0.3, 0.4) is 0 Å². The van der Waals surface area contributed by atoms with Gasteiger partial charge < -0.3 is 10.2 Å². The van der Waals surface area contributed by atoms with Crippen LogP contribution < -0.4 is 5.73 Å². The summed E-state index contributed by atoms with van der Waals surface area (Å²) in [6.45, 7) is 0. The first kappa shape index (κ1) is 13.7. The Morgan fingerprint density at radius 1 is 1.11 bits per heavy atom. The SMILES string of the molecule is NC(Cc1cccc(C(F)(F)F)c1)Cc1ccco1. The van der Waals surface area contributed by atoms with Crippen LogP contribution in [0, 0.1) is 0 Å². The number of alkyl halides is 3. The van der Waals surface area contributed by atoms with Crippen molar-refractivity contribution in [2.45, 2.75) is 25.1 Å². The van der Waals surface area contributed by atoms with Crippen LogP contribution >= 0.6 is 0 Å². The third kappa shape index (κ3) is 3.86. The standard InChI is InChI=1S/C14H14F3NO/c15-14(16,17)11-4-1-3-10(7-11)8-12(18)9-13-5-2-6-19-13/h1-7,12H,8-9,18H2. The molecular weight excluding hydrogens is 255 g/mol. The number of halogens is 3. The van der Waals surface area contributed by atoms with E-state index in [1.165, 1.54) is 6.07 Å². The molecule has 0 aliphatic heterocycles. The first-order valence-electron chi connectivity index (χ1n) is 5.89. The van der Waals surface area contributed by atoms with Gasteiger partial charge in [-0.05, 0) is 30.2 Å². The molecule has 1 atom stereocenters. The third-order valence-electron chi connectivity index (χ3n) is 2.80. The van der Waals surface area contributed by atoms with Crippen molar-refractivity contribution in [3.8, 4) is 0 Å². The molecule has 1 unspecified atom stereocenters. The molecule has 0 saturated carbocycles. The second-order valence-corrected chi connectivity index (χ2v) is 4.45. The van der Waals surface area contributed by atoms with Crippen LogP contribution in [0.25, 0.3) is 0 Å². The summed E-state index contributed by atoms with van der Waals surface area (Å²) in [7, 11) is 0. The normalized spacial score (nSPS) is 13.5. The van der Waals surface area contributed by atoms with Gasteiger partial charge in [0.25, 0.3) is 0 Å². The largest absolute Gasteiger partial charge is 0.469 e. The van der Waals surface area contributed by atoms with Crippen LogP contribution in [0.1, 0.15) is 16.9 Å². The van der Waals surface area contributed by atoms with Crippen molar-refractivity contribution in [3.05, 3.63) is 59.5 Å². The Morgan fingerprint density at radius 3 is 2.53 bits per heavy atom. The Kier molecular flexibility index (Phi) is 3.95. The van der Waals surface area contributed by atoms with Gasteiger partial charge in [0, 0.05) is 12.5 Å². The summed E-state index contributed by atoms with van der Waals surface area (Å²) in [5, 5.41) is 0. The fraction of sp³-hybridized carbons (Fsp3) is 0.286. The van der Waals surface area contributed by atoms with Gasteiger partial charge in [0.2, 0.25) is 0 Å². The molecule has 0 bridgehead atoms. The lowest BCUT2D eigenvalue weighted by atomic mass is 10.0. The van der Waals surface area contributed by atoms with Gasteiger partial charge >= 0.3 is 6.18 Å². The first-order valence-corrected chi connectivity index (χ1v) is 5.89. The Bertz CT molecular complexity index is 520. The zero-order chi connectivity index (χ0) is 13.9. The molecule has 1 aromatic carbocycles. The first-order chi connectivity index (χ1) is 8.95. The van der Waals surface area contributed by atoms with E-state index in [4.69, 9.17) is 10.2 Å². The van der Waals surface area contributed by atoms with Crippen molar-refractivity contribution in [2.24, 2.45) is 5.73 Å². The zero-order valence-electron chi connectivity index (χ0n) is 10.2. The summed E-state index contributed by atoms with van der Waals surface area (Å²) < 4.78 is 42.9. The van der Waals surface area contributed by atoms with E-state index in [0.717, 1.165) is 17.9 Å². The van der Waals surface area contributed by atoms with Gasteiger partial charge in [-0.15, -0.1) is 0 Å². The Morgan fingerprint density at radius 2 is 1.89 bits per heavy atom. The van der Waals surface area contributed by atoms with Gasteiger partial charge in [0.05, 0.1) is 11.8 Å². The smallest absolute Gasteiger partial charge is 0.416 e. The summed E-state index contributed by atoms with van der Waals surface area (Å²) in [4.78, 5) is 0. The highest BCUT2D eigenvalue weighted by Gasteiger charge is 2.30. The minimum Gasteiger partial charge on any atom is -0.469 e. The van der Waals surface area contributed by atoms with Gasteiger partial charge in [-0.3, -0.25) is 0 Å². The lowest BCUT2D eigenvalue weighted by molar-refractivity contribution is -0.137. The van der Waals surface area contributed by atoms with Crippen LogP contribution in [-0.4, -0.2) is 6.04 Å². The number of hydrogen-bond donors (Lipinski definition) is 1. The van der Waals surface area contributed by atoms with Crippen molar-refractivity contribution >= 4 is 0 Å². The number of hydrogen-bond acceptors (Lipinski definition) is 2. The Balaban J connectivity index is 2.03. The average Bonchev–Trinajstić information content (AvgIpc) is 2.80. The molecule has 2 N–H and O–H groups in total. The second kappa shape index (κ2) is 5.48. The molecule has 102 valence electrons. The van der Waals surface area contributed by atoms with Crippen LogP contribution in [0.5, 0.6) is 0 Å². The van der Waals surface area contributed by atoms with Crippen LogP contribution in [0.15, 0.2) is 47.1 Å². The van der Waals surface area contributed by atoms with E-state index in [2.05, 4.69) is 0 Å². The summed E-state index contributed by atoms with van der Waals surface area (Å²) in [5.74, 6) is 0.736. The summed E-state index contributed by atoms with van der Waals surface area (Å²) >= 11 is 0. The lowest BCUT2D eigenvalue weighted by Crippen LogP contribution is -2.25. The number of furan rings is 1. The Labute approximate surface area is 109 Å². The predicted molar refractivity (Wildman–Crippen MR) is 65.5 cm³/mol. The number of nitrogens with two attached hydrogens (primary N) is 1. The predicted octanol–water partition coefficient (Wildman–Crippen LogP) is 3.41. The summed E-state index contributed by atoms with van der Waals surface area (Å²) in [6, 6.07) is 8.53. The number of benzene rings is 1. The van der Waals surface area contributed by atoms with Gasteiger partial charge in [-0.25, -0.2) is 0 Å². The minimum atomic E-state index is -4.32. The van der Waals surface area contributed by atoms with E-state index in [1.807, 2.05) is 0 Å². The molecule has 2 nitrogen and oxygen atoms in total. The van der Waals surface area contributed by atoms with E-state index in [-0.39, 0.29) is 6.04 Å². The van der Waals surface area contributed by atoms with Crippen molar-refractivity contribution in [1.82, 2.24) is 0 Å². The highest BCUT2D eigenvalue weighted by Crippen LogP contribution is 2.29. The molecular formula is C14H14F3NO. The monoisotopic (exact) mass is 269 g/mol. The second-order valence-electron chi connectivity index (χ2n) is 4.45. The maximum atomic E-state index is 12.6. The molecule has 5 heteroatoms. The van der Waals surface area contributed by atoms with Gasteiger partial charge in [-0.2, -0.15) is 13.2 Å². The molecule has 0 aliphatic carbocycles. The minimum absolute atomic E-state index is 0.269. The summed E-state index contributed by atoms with van der Waals surface area (Å²) in [6.07, 6.45) is -1.89. The molecule has 0 fully saturated rings. The maximum Gasteiger partial charge on any atom is 0.416 e. The van der Waals surface area contributed by atoms with E-state index >= 15 is 0 Å². The zero-order valence-corrected chi connectivity index (χ0v) is 10.2. The van der Waals surface area contributed by atoms with Crippen molar-refractivity contribution in [1.29, 1.82) is 0 Å². The third-order valence-corrected chi connectivity index (χ3v) is 2.80. The average molecular weight is 269 g/mol. The molecule has 0 aliphatic rings. The van der Waals surface area contributed by atoms with E-state index in [9.17, 15) is 13.2 Å². The fourth-order valence-corrected chi connectivity index (χ4v) is 1.94. The highest BCUT2D eigenvalue weighted by molar-refractivity contribution is 5.26. The van der Waals surface area contributed by atoms with Crippen molar-refractivity contribution < 1.29 is 17.6 Å². The molecule has 0 radical (unpaired) electrons. The highest BCUT2D eigenvalue weighted by atomic mass is 19.4. The number of rotatable bonds is 4. The van der Waals surface area contributed by atoms with E-state index in [1.54, 1.807) is 24.5 Å². The van der Waals surface area contributed by atoms with E-state index < -0.39 is 11.7 Å². The molecule has 2 rings (SSSR count). The van der Waals surface area contributed by atoms with Crippen LogP contribution in [-0.2, 0) is 19.0 Å². The fourth-order valence-electron chi connectivity index (χ4n) is 1.94. The Hall–Kier alpha value is -1.75. The van der Waals surface area contributed by atoms with E-state index in [0.29, 0.717) is 18.4 Å². The molecule has 19 heavy (non-hydrogen) atoms. The van der Waals surface area contributed by atoms with Crippen LogP contribution in [0.4, 0.5) is 13.2 Å². The van der Waals surface area contributed by atoms with Gasteiger partial charge in [0.1, 0.15) is 5.76 Å². The van der Waals surface area contributed by atoms with Gasteiger partial charge in [0.15, 0.2) is 0 Å². The summed E-state index contributed by atoms with van der Waals surface area (Å²) in [5.41, 5.74) is 5.85. The molecule has 1 heterocycles. The topological polar surface area (TPSA) is 39.2 Å². The van der Waals surface area contributed by atoms with Crippen LogP contribution in [0.2, 0.25) is 0 Å². The van der Waals surface area contributed by atoms with Gasteiger partial charge in [-0.1, -0.05) is 18.2 Å². The molecule has 0 amide bonds. The molecule has 2 aromatic rings. The quantitative estimate of drug-likeness (QED) is 0.923. The molecule has 0 saturated heterocycles. The molecule has 1 aromatic heterocycles. The molecule has 0 spiro atoms.